The highest BCUT2D eigenvalue weighted by Crippen LogP contribution is 2.26. The summed E-state index contributed by atoms with van der Waals surface area (Å²) in [6.07, 6.45) is 0.0634. The summed E-state index contributed by atoms with van der Waals surface area (Å²) in [5, 5.41) is 3.04. The van der Waals surface area contributed by atoms with Crippen LogP contribution in [0.3, 0.4) is 0 Å². The zero-order valence-corrected chi connectivity index (χ0v) is 14.8. The molecule has 0 aliphatic rings. The average molecular weight is 347 g/mol. The van der Waals surface area contributed by atoms with E-state index in [1.807, 2.05) is 19.9 Å². The van der Waals surface area contributed by atoms with Crippen molar-refractivity contribution in [2.75, 3.05) is 12.4 Å². The van der Waals surface area contributed by atoms with Crippen LogP contribution < -0.4 is 10.1 Å². The van der Waals surface area contributed by atoms with Crippen LogP contribution in [-0.4, -0.2) is 23.8 Å². The molecule has 0 fully saturated rings. The fourth-order valence-electron chi connectivity index (χ4n) is 2.43. The van der Waals surface area contributed by atoms with Gasteiger partial charge >= 0.3 is 0 Å². The molecule has 2 aromatic rings. The molecule has 0 aliphatic heterocycles. The number of aromatic nitrogens is 1. The lowest BCUT2D eigenvalue weighted by Gasteiger charge is -2.13. The van der Waals surface area contributed by atoms with Gasteiger partial charge < -0.3 is 10.1 Å². The summed E-state index contributed by atoms with van der Waals surface area (Å²) in [6, 6.07) is 6.87. The molecule has 1 aromatic heterocycles. The third-order valence-electron chi connectivity index (χ3n) is 3.60. The number of aryl methyl sites for hydroxylation is 2. The molecule has 0 aliphatic carbocycles. The highest BCUT2D eigenvalue weighted by molar-refractivity contribution is 6.32. The Morgan fingerprint density at radius 2 is 1.96 bits per heavy atom. The maximum absolute atomic E-state index is 12.4. The van der Waals surface area contributed by atoms with Gasteiger partial charge in [0.05, 0.1) is 19.2 Å². The fraction of sp³-hybridized carbons (Fsp3) is 0.278. The molecule has 1 aromatic carbocycles. The van der Waals surface area contributed by atoms with Gasteiger partial charge in [-0.2, -0.15) is 0 Å². The van der Waals surface area contributed by atoms with Gasteiger partial charge in [-0.3, -0.25) is 9.59 Å². The average Bonchev–Trinajstić information content (AvgIpc) is 2.50. The number of Topliss-reactive ketones (excluding diaryl/α,β-unsaturated/α-hetero) is 1. The van der Waals surface area contributed by atoms with Crippen LogP contribution in [0.25, 0.3) is 0 Å². The summed E-state index contributed by atoms with van der Waals surface area (Å²) in [5.74, 6) is 0.227. The molecular formula is C18H19ClN2O3. The van der Waals surface area contributed by atoms with Crippen LogP contribution in [0.15, 0.2) is 24.3 Å². The van der Waals surface area contributed by atoms with Crippen molar-refractivity contribution in [2.24, 2.45) is 0 Å². The fourth-order valence-corrected chi connectivity index (χ4v) is 2.76. The molecule has 2 rings (SSSR count). The zero-order valence-electron chi connectivity index (χ0n) is 14.1. The number of ketones is 1. The summed E-state index contributed by atoms with van der Waals surface area (Å²) in [6.45, 7) is 5.17. The normalized spacial score (nSPS) is 10.4. The van der Waals surface area contributed by atoms with E-state index in [4.69, 9.17) is 16.3 Å². The topological polar surface area (TPSA) is 68.3 Å². The number of pyridine rings is 1. The molecule has 0 unspecified atom stereocenters. The molecule has 126 valence electrons. The molecule has 6 heteroatoms. The van der Waals surface area contributed by atoms with Crippen molar-refractivity contribution in [2.45, 2.75) is 27.2 Å². The number of rotatable bonds is 5. The van der Waals surface area contributed by atoms with Crippen molar-refractivity contribution < 1.29 is 14.3 Å². The Morgan fingerprint density at radius 3 is 2.54 bits per heavy atom. The summed E-state index contributed by atoms with van der Waals surface area (Å²) >= 11 is 6.11. The Hall–Kier alpha value is -2.40. The van der Waals surface area contributed by atoms with Crippen molar-refractivity contribution >= 4 is 29.0 Å². The number of anilines is 1. The number of ether oxygens (including phenoxy) is 1. The van der Waals surface area contributed by atoms with E-state index in [1.54, 1.807) is 18.2 Å². The first-order valence-electron chi connectivity index (χ1n) is 7.43. The van der Waals surface area contributed by atoms with Crippen LogP contribution in [-0.2, 0) is 11.2 Å². The van der Waals surface area contributed by atoms with Crippen LogP contribution in [0.2, 0.25) is 5.15 Å². The standard InChI is InChI=1S/C18H19ClN2O3/c1-10-7-11(2)20-18(19)17(10)21-16(23)9-14-8-13(12(3)22)5-6-15(14)24-4/h5-8H,9H2,1-4H3,(H,21,23). The van der Waals surface area contributed by atoms with Gasteiger partial charge in [0.1, 0.15) is 5.75 Å². The van der Waals surface area contributed by atoms with Crippen molar-refractivity contribution in [3.05, 3.63) is 51.8 Å². The number of amides is 1. The first-order chi connectivity index (χ1) is 11.3. The van der Waals surface area contributed by atoms with Crippen LogP contribution >= 0.6 is 11.6 Å². The molecular weight excluding hydrogens is 328 g/mol. The molecule has 0 saturated heterocycles. The van der Waals surface area contributed by atoms with Gasteiger partial charge in [0.25, 0.3) is 0 Å². The van der Waals surface area contributed by atoms with Crippen LogP contribution in [0.4, 0.5) is 5.69 Å². The van der Waals surface area contributed by atoms with Crippen molar-refractivity contribution in [1.29, 1.82) is 0 Å². The van der Waals surface area contributed by atoms with Crippen molar-refractivity contribution in [1.82, 2.24) is 4.98 Å². The highest BCUT2D eigenvalue weighted by Gasteiger charge is 2.14. The maximum Gasteiger partial charge on any atom is 0.229 e. The van der Waals surface area contributed by atoms with E-state index in [1.165, 1.54) is 14.0 Å². The third kappa shape index (κ3) is 4.11. The van der Waals surface area contributed by atoms with Crippen molar-refractivity contribution in [3.63, 3.8) is 0 Å². The molecule has 24 heavy (non-hydrogen) atoms. The van der Waals surface area contributed by atoms with E-state index in [9.17, 15) is 9.59 Å². The third-order valence-corrected chi connectivity index (χ3v) is 3.88. The first-order valence-corrected chi connectivity index (χ1v) is 7.81. The number of nitrogens with zero attached hydrogens (tertiary/aromatic N) is 1. The summed E-state index contributed by atoms with van der Waals surface area (Å²) in [4.78, 5) is 28.1. The number of benzene rings is 1. The number of halogens is 1. The second-order valence-corrected chi connectivity index (χ2v) is 5.91. The Labute approximate surface area is 146 Å². The molecule has 0 bridgehead atoms. The molecule has 1 N–H and O–H groups in total. The van der Waals surface area contributed by atoms with Gasteiger partial charge in [-0.15, -0.1) is 0 Å². The first kappa shape index (κ1) is 17.9. The Morgan fingerprint density at radius 1 is 1.25 bits per heavy atom. The summed E-state index contributed by atoms with van der Waals surface area (Å²) in [5.41, 5.74) is 3.28. The second-order valence-electron chi connectivity index (χ2n) is 5.55. The van der Waals surface area contributed by atoms with E-state index in [0.29, 0.717) is 22.6 Å². The Bertz CT molecular complexity index is 780. The number of nitrogens with one attached hydrogen (secondary N) is 1. The second kappa shape index (κ2) is 7.45. The predicted molar refractivity (Wildman–Crippen MR) is 94.1 cm³/mol. The lowest BCUT2D eigenvalue weighted by atomic mass is 10.0. The quantitative estimate of drug-likeness (QED) is 0.661. The molecule has 1 heterocycles. The van der Waals surface area contributed by atoms with Crippen LogP contribution in [0.1, 0.15) is 34.1 Å². The predicted octanol–water partition coefficient (Wildman–Crippen LogP) is 3.74. The lowest BCUT2D eigenvalue weighted by molar-refractivity contribution is -0.115. The van der Waals surface area contributed by atoms with E-state index in [0.717, 1.165) is 11.3 Å². The minimum Gasteiger partial charge on any atom is -0.496 e. The maximum atomic E-state index is 12.4. The molecule has 1 amide bonds. The monoisotopic (exact) mass is 346 g/mol. The number of hydrogen-bond acceptors (Lipinski definition) is 4. The van der Waals surface area contributed by atoms with Gasteiger partial charge in [0, 0.05) is 16.8 Å². The number of methoxy groups -OCH3 is 1. The number of carbonyl (C=O) groups excluding carboxylic acids is 2. The zero-order chi connectivity index (χ0) is 17.9. The van der Waals surface area contributed by atoms with Gasteiger partial charge in [0.2, 0.25) is 5.91 Å². The van der Waals surface area contributed by atoms with Gasteiger partial charge in [0.15, 0.2) is 10.9 Å². The minimum atomic E-state index is -0.260. The molecule has 5 nitrogen and oxygen atoms in total. The smallest absolute Gasteiger partial charge is 0.229 e. The SMILES string of the molecule is COc1ccc(C(C)=O)cc1CC(=O)Nc1c(C)cc(C)nc1Cl. The largest absolute Gasteiger partial charge is 0.496 e. The van der Waals surface area contributed by atoms with E-state index < -0.39 is 0 Å². The van der Waals surface area contributed by atoms with E-state index in [-0.39, 0.29) is 23.3 Å². The van der Waals surface area contributed by atoms with Crippen LogP contribution in [0, 0.1) is 13.8 Å². The molecule has 0 atom stereocenters. The van der Waals surface area contributed by atoms with Crippen molar-refractivity contribution in [3.8, 4) is 5.75 Å². The van der Waals surface area contributed by atoms with E-state index >= 15 is 0 Å². The van der Waals surface area contributed by atoms with Gasteiger partial charge in [-0.05, 0) is 50.6 Å². The lowest BCUT2D eigenvalue weighted by Crippen LogP contribution is -2.17. The summed E-state index contributed by atoms with van der Waals surface area (Å²) < 4.78 is 5.26. The minimum absolute atomic E-state index is 0.0634. The number of hydrogen-bond donors (Lipinski definition) is 1. The molecule has 0 saturated carbocycles. The van der Waals surface area contributed by atoms with E-state index in [2.05, 4.69) is 10.3 Å². The number of carbonyl (C=O) groups is 2. The Kier molecular flexibility index (Phi) is 5.57. The van der Waals surface area contributed by atoms with Crippen LogP contribution in [0.5, 0.6) is 5.75 Å². The highest BCUT2D eigenvalue weighted by atomic mass is 35.5. The molecule has 0 radical (unpaired) electrons. The summed E-state index contributed by atoms with van der Waals surface area (Å²) in [7, 11) is 1.52. The Balaban J connectivity index is 2.24. The van der Waals surface area contributed by atoms with Gasteiger partial charge in [-0.25, -0.2) is 4.98 Å². The molecule has 0 spiro atoms. The van der Waals surface area contributed by atoms with Gasteiger partial charge in [-0.1, -0.05) is 11.6 Å².